The molecule has 1 aromatic carbocycles. The van der Waals surface area contributed by atoms with Gasteiger partial charge >= 0.3 is 17.8 Å². The van der Waals surface area contributed by atoms with E-state index in [1.807, 2.05) is 0 Å². The second kappa shape index (κ2) is 5.13. The van der Waals surface area contributed by atoms with Crippen LogP contribution in [0.3, 0.4) is 0 Å². The monoisotopic (exact) mass is 317 g/mol. The van der Waals surface area contributed by atoms with E-state index in [0.717, 1.165) is 5.56 Å². The lowest BCUT2D eigenvalue weighted by Gasteiger charge is -2.43. The van der Waals surface area contributed by atoms with Crippen LogP contribution in [0.15, 0.2) is 18.2 Å². The average Bonchev–Trinajstić information content (AvgIpc) is 2.46. The summed E-state index contributed by atoms with van der Waals surface area (Å²) in [5.41, 5.74) is -1.85. The fourth-order valence-corrected chi connectivity index (χ4v) is 2.84. The normalized spacial score (nSPS) is 26.1. The van der Waals surface area contributed by atoms with Crippen molar-refractivity contribution in [1.29, 1.82) is 0 Å². The van der Waals surface area contributed by atoms with E-state index in [2.05, 4.69) is 5.32 Å². The summed E-state index contributed by atoms with van der Waals surface area (Å²) in [5, 5.41) is 2.35. The number of alkyl halides is 3. The molecule has 1 fully saturated rings. The van der Waals surface area contributed by atoms with Crippen molar-refractivity contribution < 1.29 is 32.3 Å². The summed E-state index contributed by atoms with van der Waals surface area (Å²) in [6, 6.07) is 4.68. The number of hydrogen-bond donors (Lipinski definition) is 2. The van der Waals surface area contributed by atoms with E-state index in [1.54, 1.807) is 19.1 Å². The predicted octanol–water partition coefficient (Wildman–Crippen LogP) is 0.500. The van der Waals surface area contributed by atoms with Crippen LogP contribution in [0.2, 0.25) is 0 Å². The number of quaternary nitrogens is 1. The summed E-state index contributed by atoms with van der Waals surface area (Å²) in [6.45, 7) is 2.20. The summed E-state index contributed by atoms with van der Waals surface area (Å²) in [4.78, 5) is 12.3. The van der Waals surface area contributed by atoms with Gasteiger partial charge in [0.25, 0.3) is 0 Å². The lowest BCUT2D eigenvalue weighted by atomic mass is 10.1. The SMILES string of the molecule is Cc1ccc2c(c1)NC(=O)C([NH+]1CCOCC1)(C(F)(F)F)O2. The molecule has 1 saturated heterocycles. The van der Waals surface area contributed by atoms with Gasteiger partial charge in [-0.3, -0.25) is 9.69 Å². The van der Waals surface area contributed by atoms with Crippen LogP contribution >= 0.6 is 0 Å². The molecule has 120 valence electrons. The van der Waals surface area contributed by atoms with Crippen LogP contribution in [0, 0.1) is 6.92 Å². The van der Waals surface area contributed by atoms with E-state index < -0.39 is 17.8 Å². The fraction of sp³-hybridized carbons (Fsp3) is 0.500. The van der Waals surface area contributed by atoms with Crippen LogP contribution in [-0.2, 0) is 9.53 Å². The Labute approximate surface area is 125 Å². The van der Waals surface area contributed by atoms with Gasteiger partial charge in [0, 0.05) is 0 Å². The first-order valence-corrected chi connectivity index (χ1v) is 6.95. The fourth-order valence-electron chi connectivity index (χ4n) is 2.84. The molecular weight excluding hydrogens is 301 g/mol. The number of carbonyl (C=O) groups excluding carboxylic acids is 1. The second-order valence-electron chi connectivity index (χ2n) is 5.45. The number of nitrogens with one attached hydrogen (secondary N) is 2. The molecule has 5 nitrogen and oxygen atoms in total. The van der Waals surface area contributed by atoms with Gasteiger partial charge in [-0.05, 0) is 24.6 Å². The van der Waals surface area contributed by atoms with Crippen molar-refractivity contribution in [3.8, 4) is 5.75 Å². The molecule has 0 saturated carbocycles. The van der Waals surface area contributed by atoms with Crippen molar-refractivity contribution in [2.45, 2.75) is 18.8 Å². The summed E-state index contributed by atoms with van der Waals surface area (Å²) in [6.07, 6.45) is -4.84. The van der Waals surface area contributed by atoms with Crippen molar-refractivity contribution in [2.24, 2.45) is 0 Å². The average molecular weight is 317 g/mol. The predicted molar refractivity (Wildman–Crippen MR) is 70.7 cm³/mol. The number of rotatable bonds is 1. The maximum atomic E-state index is 13.8. The van der Waals surface area contributed by atoms with E-state index in [9.17, 15) is 18.0 Å². The highest BCUT2D eigenvalue weighted by Crippen LogP contribution is 2.39. The Kier molecular flexibility index (Phi) is 3.53. The van der Waals surface area contributed by atoms with Crippen LogP contribution in [0.5, 0.6) is 5.75 Å². The molecule has 0 bridgehead atoms. The lowest BCUT2D eigenvalue weighted by Crippen LogP contribution is -3.26. The molecule has 2 aliphatic rings. The van der Waals surface area contributed by atoms with E-state index in [1.165, 1.54) is 6.07 Å². The number of anilines is 1. The maximum Gasteiger partial charge on any atom is 0.496 e. The first-order valence-electron chi connectivity index (χ1n) is 6.95. The molecular formula is C14H16F3N2O3+. The summed E-state index contributed by atoms with van der Waals surface area (Å²) in [5.74, 6) is -1.16. The number of amides is 1. The number of carbonyl (C=O) groups is 1. The Morgan fingerprint density at radius 2 is 1.95 bits per heavy atom. The first-order chi connectivity index (χ1) is 10.3. The van der Waals surface area contributed by atoms with Crippen molar-refractivity contribution >= 4 is 11.6 Å². The maximum absolute atomic E-state index is 13.8. The summed E-state index contributed by atoms with van der Waals surface area (Å²) < 4.78 is 51.6. The Hall–Kier alpha value is -1.80. The highest BCUT2D eigenvalue weighted by atomic mass is 19.4. The minimum atomic E-state index is -4.84. The number of hydrogen-bond acceptors (Lipinski definition) is 3. The van der Waals surface area contributed by atoms with E-state index in [4.69, 9.17) is 9.47 Å². The molecule has 0 spiro atoms. The van der Waals surface area contributed by atoms with Crippen LogP contribution in [-0.4, -0.2) is 44.1 Å². The molecule has 1 amide bonds. The van der Waals surface area contributed by atoms with Gasteiger partial charge < -0.3 is 14.8 Å². The molecule has 2 heterocycles. The Bertz CT molecular complexity index is 599. The van der Waals surface area contributed by atoms with Gasteiger partial charge in [-0.1, -0.05) is 6.07 Å². The number of halogens is 3. The van der Waals surface area contributed by atoms with Crippen molar-refractivity contribution in [3.05, 3.63) is 23.8 Å². The highest BCUT2D eigenvalue weighted by molar-refractivity contribution is 6.00. The molecule has 1 unspecified atom stereocenters. The third kappa shape index (κ3) is 2.22. The Morgan fingerprint density at radius 1 is 1.27 bits per heavy atom. The van der Waals surface area contributed by atoms with Gasteiger partial charge in [0.05, 0.1) is 18.9 Å². The first kappa shape index (κ1) is 15.1. The third-order valence-electron chi connectivity index (χ3n) is 3.96. The third-order valence-corrected chi connectivity index (χ3v) is 3.96. The van der Waals surface area contributed by atoms with Crippen molar-refractivity contribution in [2.75, 3.05) is 31.6 Å². The smallest absolute Gasteiger partial charge is 0.423 e. The lowest BCUT2D eigenvalue weighted by molar-refractivity contribution is -0.982. The van der Waals surface area contributed by atoms with Crippen molar-refractivity contribution in [1.82, 2.24) is 0 Å². The van der Waals surface area contributed by atoms with Gasteiger partial charge in [-0.15, -0.1) is 0 Å². The highest BCUT2D eigenvalue weighted by Gasteiger charge is 2.73. The Balaban J connectivity index is 2.06. The van der Waals surface area contributed by atoms with Gasteiger partial charge in [-0.2, -0.15) is 13.2 Å². The Morgan fingerprint density at radius 3 is 2.59 bits per heavy atom. The molecule has 3 rings (SSSR count). The van der Waals surface area contributed by atoms with Gasteiger partial charge in [0.2, 0.25) is 0 Å². The summed E-state index contributed by atoms with van der Waals surface area (Å²) >= 11 is 0. The second-order valence-corrected chi connectivity index (χ2v) is 5.45. The molecule has 22 heavy (non-hydrogen) atoms. The number of ether oxygens (including phenoxy) is 2. The van der Waals surface area contributed by atoms with Crippen LogP contribution in [0.4, 0.5) is 18.9 Å². The number of aryl methyl sites for hydroxylation is 1. The minimum Gasteiger partial charge on any atom is -0.423 e. The molecule has 0 aromatic heterocycles. The minimum absolute atomic E-state index is 0.00924. The number of benzene rings is 1. The van der Waals surface area contributed by atoms with E-state index >= 15 is 0 Å². The molecule has 1 aromatic rings. The van der Waals surface area contributed by atoms with Gasteiger partial charge in [-0.25, -0.2) is 0 Å². The quantitative estimate of drug-likeness (QED) is 0.793. The van der Waals surface area contributed by atoms with E-state index in [0.29, 0.717) is 0 Å². The summed E-state index contributed by atoms with van der Waals surface area (Å²) in [7, 11) is 0. The van der Waals surface area contributed by atoms with Gasteiger partial charge in [0.1, 0.15) is 13.1 Å². The van der Waals surface area contributed by atoms with Crippen LogP contribution in [0.25, 0.3) is 0 Å². The number of fused-ring (bicyclic) bond motifs is 1. The van der Waals surface area contributed by atoms with Gasteiger partial charge in [0.15, 0.2) is 5.75 Å². The molecule has 0 aliphatic carbocycles. The zero-order chi connectivity index (χ0) is 16.0. The topological polar surface area (TPSA) is 52.0 Å². The largest absolute Gasteiger partial charge is 0.496 e. The van der Waals surface area contributed by atoms with E-state index in [-0.39, 0.29) is 42.6 Å². The standard InChI is InChI=1S/C14H15F3N2O3/c1-9-2-3-11-10(8-9)18-12(20)13(22-11,14(15,16)17)19-4-6-21-7-5-19/h2-3,8H,4-7H2,1H3,(H,18,20)/p+1. The molecule has 2 N–H and O–H groups in total. The number of morpholine rings is 1. The molecule has 2 aliphatic heterocycles. The zero-order valence-corrected chi connectivity index (χ0v) is 11.9. The zero-order valence-electron chi connectivity index (χ0n) is 11.9. The molecule has 0 radical (unpaired) electrons. The molecule has 8 heteroatoms. The van der Waals surface area contributed by atoms with Crippen molar-refractivity contribution in [3.63, 3.8) is 0 Å². The van der Waals surface area contributed by atoms with Crippen LogP contribution in [0.1, 0.15) is 5.56 Å². The van der Waals surface area contributed by atoms with Crippen LogP contribution < -0.4 is 15.0 Å². The molecule has 1 atom stereocenters.